The highest BCUT2D eigenvalue weighted by Gasteiger charge is 2.35. The van der Waals surface area contributed by atoms with Gasteiger partial charge in [0, 0.05) is 37.0 Å². The maximum atomic E-state index is 13.5. The van der Waals surface area contributed by atoms with Crippen molar-refractivity contribution in [2.75, 3.05) is 31.5 Å². The fourth-order valence-electron chi connectivity index (χ4n) is 4.45. The zero-order chi connectivity index (χ0) is 25.0. The highest BCUT2D eigenvalue weighted by atomic mass is 19.3. The number of hydrogen-bond acceptors (Lipinski definition) is 5. The lowest BCUT2D eigenvalue weighted by Gasteiger charge is -2.29. The van der Waals surface area contributed by atoms with Gasteiger partial charge in [0.2, 0.25) is 5.92 Å². The Hall–Kier alpha value is -3.61. The minimum Gasteiger partial charge on any atom is -0.497 e. The van der Waals surface area contributed by atoms with E-state index in [0.29, 0.717) is 29.8 Å². The molecule has 0 bridgehead atoms. The van der Waals surface area contributed by atoms with Crippen molar-refractivity contribution < 1.29 is 23.0 Å². The van der Waals surface area contributed by atoms with Crippen molar-refractivity contribution in [1.29, 1.82) is 0 Å². The number of anilines is 4. The van der Waals surface area contributed by atoms with Gasteiger partial charge in [-0.15, -0.1) is 0 Å². The number of nitrogens with zero attached hydrogens (tertiary/aromatic N) is 1. The summed E-state index contributed by atoms with van der Waals surface area (Å²) in [7, 11) is 4.87. The summed E-state index contributed by atoms with van der Waals surface area (Å²) in [5, 5.41) is 3.27. The van der Waals surface area contributed by atoms with Gasteiger partial charge >= 0.3 is 5.97 Å². The number of halogens is 2. The fourth-order valence-corrected chi connectivity index (χ4v) is 4.45. The summed E-state index contributed by atoms with van der Waals surface area (Å²) in [5.41, 5.74) is 4.95. The minimum absolute atomic E-state index is 0.0304. The number of hydrogen-bond donors (Lipinski definition) is 1. The van der Waals surface area contributed by atoms with Crippen molar-refractivity contribution >= 4 is 28.7 Å². The molecule has 1 saturated carbocycles. The highest BCUT2D eigenvalue weighted by Crippen LogP contribution is 2.41. The monoisotopic (exact) mass is 480 g/mol. The molecule has 0 heterocycles. The molecule has 1 aliphatic rings. The first kappa shape index (κ1) is 24.5. The molecule has 184 valence electrons. The molecule has 35 heavy (non-hydrogen) atoms. The van der Waals surface area contributed by atoms with Crippen LogP contribution in [0.3, 0.4) is 0 Å². The van der Waals surface area contributed by atoms with E-state index in [1.54, 1.807) is 25.3 Å². The first-order valence-corrected chi connectivity index (χ1v) is 11.6. The standard InChI is InChI=1S/C28H30F2N2O3/c1-32(22-8-4-19(5-9-22)20-14-16-28(29,30)17-15-20)23-10-6-21(7-11-23)31-26-13-12-24(34-2)18-25(26)27(33)35-3/h4-13,18,20,31H,14-17H2,1-3H3. The zero-order valence-corrected chi connectivity index (χ0v) is 20.2. The number of ether oxygens (including phenoxy) is 2. The van der Waals surface area contributed by atoms with Crippen LogP contribution in [0.1, 0.15) is 47.5 Å². The van der Waals surface area contributed by atoms with Crippen LogP contribution < -0.4 is 15.0 Å². The predicted molar refractivity (Wildman–Crippen MR) is 135 cm³/mol. The van der Waals surface area contributed by atoms with Crippen LogP contribution in [-0.4, -0.2) is 33.2 Å². The van der Waals surface area contributed by atoms with Crippen molar-refractivity contribution in [2.24, 2.45) is 0 Å². The SMILES string of the molecule is COC(=O)c1cc(OC)ccc1Nc1ccc(N(C)c2ccc(C3CCC(F)(F)CC3)cc2)cc1. The molecule has 1 aliphatic carbocycles. The Morgan fingerprint density at radius 1 is 0.943 bits per heavy atom. The Morgan fingerprint density at radius 3 is 2.11 bits per heavy atom. The molecule has 0 unspecified atom stereocenters. The van der Waals surface area contributed by atoms with E-state index < -0.39 is 11.9 Å². The van der Waals surface area contributed by atoms with Gasteiger partial charge in [0.25, 0.3) is 0 Å². The highest BCUT2D eigenvalue weighted by molar-refractivity contribution is 5.97. The second-order valence-electron chi connectivity index (χ2n) is 8.86. The van der Waals surface area contributed by atoms with Crippen LogP contribution in [0.25, 0.3) is 0 Å². The van der Waals surface area contributed by atoms with Crippen molar-refractivity contribution in [1.82, 2.24) is 0 Å². The number of esters is 1. The average molecular weight is 481 g/mol. The topological polar surface area (TPSA) is 50.8 Å². The van der Waals surface area contributed by atoms with Gasteiger partial charge in [-0.1, -0.05) is 12.1 Å². The van der Waals surface area contributed by atoms with Gasteiger partial charge in [-0.2, -0.15) is 0 Å². The molecule has 0 saturated heterocycles. The molecule has 4 rings (SSSR count). The largest absolute Gasteiger partial charge is 0.497 e. The Bertz CT molecular complexity index is 1150. The number of benzene rings is 3. The summed E-state index contributed by atoms with van der Waals surface area (Å²) in [5.74, 6) is -2.19. The first-order valence-electron chi connectivity index (χ1n) is 11.6. The molecular formula is C28H30F2N2O3. The molecule has 1 N–H and O–H groups in total. The Balaban J connectivity index is 1.44. The third-order valence-electron chi connectivity index (χ3n) is 6.63. The molecule has 5 nitrogen and oxygen atoms in total. The summed E-state index contributed by atoms with van der Waals surface area (Å²) in [6.45, 7) is 0. The first-order chi connectivity index (χ1) is 16.8. The van der Waals surface area contributed by atoms with Crippen LogP contribution >= 0.6 is 0 Å². The summed E-state index contributed by atoms with van der Waals surface area (Å²) in [6, 6.07) is 21.2. The molecule has 0 aromatic heterocycles. The van der Waals surface area contributed by atoms with Crippen LogP contribution in [0, 0.1) is 0 Å². The van der Waals surface area contributed by atoms with Gasteiger partial charge in [-0.3, -0.25) is 0 Å². The van der Waals surface area contributed by atoms with Gasteiger partial charge in [0.05, 0.1) is 25.5 Å². The second-order valence-corrected chi connectivity index (χ2v) is 8.86. The van der Waals surface area contributed by atoms with Crippen molar-refractivity contribution in [3.8, 4) is 5.75 Å². The van der Waals surface area contributed by atoms with Crippen LogP contribution in [0.15, 0.2) is 66.7 Å². The third-order valence-corrected chi connectivity index (χ3v) is 6.63. The van der Waals surface area contributed by atoms with Crippen LogP contribution in [0.5, 0.6) is 5.75 Å². The molecule has 1 fully saturated rings. The van der Waals surface area contributed by atoms with E-state index in [1.807, 2.05) is 55.6 Å². The smallest absolute Gasteiger partial charge is 0.340 e. The van der Waals surface area contributed by atoms with Crippen molar-refractivity contribution in [2.45, 2.75) is 37.5 Å². The maximum Gasteiger partial charge on any atom is 0.340 e. The lowest BCUT2D eigenvalue weighted by atomic mass is 9.82. The fraction of sp³-hybridized carbons (Fsp3) is 0.321. The molecule has 0 radical (unpaired) electrons. The van der Waals surface area contributed by atoms with Crippen LogP contribution in [0.2, 0.25) is 0 Å². The lowest BCUT2D eigenvalue weighted by molar-refractivity contribution is -0.0382. The number of rotatable bonds is 7. The Labute approximate surface area is 204 Å². The van der Waals surface area contributed by atoms with Gasteiger partial charge in [-0.05, 0) is 78.9 Å². The van der Waals surface area contributed by atoms with Crippen LogP contribution in [-0.2, 0) is 4.74 Å². The van der Waals surface area contributed by atoms with E-state index in [0.717, 1.165) is 22.6 Å². The second kappa shape index (κ2) is 10.3. The van der Waals surface area contributed by atoms with E-state index >= 15 is 0 Å². The third kappa shape index (κ3) is 5.73. The summed E-state index contributed by atoms with van der Waals surface area (Å²) in [6.07, 6.45) is 1.000. The molecule has 7 heteroatoms. The minimum atomic E-state index is -2.51. The van der Waals surface area contributed by atoms with E-state index in [1.165, 1.54) is 7.11 Å². The van der Waals surface area contributed by atoms with E-state index in [2.05, 4.69) is 10.2 Å². The Morgan fingerprint density at radius 2 is 1.54 bits per heavy atom. The van der Waals surface area contributed by atoms with E-state index in [-0.39, 0.29) is 18.8 Å². The number of methoxy groups -OCH3 is 2. The van der Waals surface area contributed by atoms with Gasteiger partial charge in [0.1, 0.15) is 5.75 Å². The number of carbonyl (C=O) groups is 1. The normalized spacial score (nSPS) is 15.3. The number of alkyl halides is 2. The Kier molecular flexibility index (Phi) is 7.24. The molecule has 0 amide bonds. The molecular weight excluding hydrogens is 450 g/mol. The molecule has 0 atom stereocenters. The van der Waals surface area contributed by atoms with E-state index in [4.69, 9.17) is 9.47 Å². The van der Waals surface area contributed by atoms with E-state index in [9.17, 15) is 13.6 Å². The van der Waals surface area contributed by atoms with Gasteiger partial charge in [0.15, 0.2) is 0 Å². The lowest BCUT2D eigenvalue weighted by Crippen LogP contribution is -2.23. The predicted octanol–water partition coefficient (Wildman–Crippen LogP) is 7.29. The zero-order valence-electron chi connectivity index (χ0n) is 20.2. The quantitative estimate of drug-likeness (QED) is 0.360. The maximum absolute atomic E-state index is 13.5. The van der Waals surface area contributed by atoms with Crippen molar-refractivity contribution in [3.05, 3.63) is 77.9 Å². The van der Waals surface area contributed by atoms with Crippen LogP contribution in [0.4, 0.5) is 31.5 Å². The van der Waals surface area contributed by atoms with Crippen molar-refractivity contribution in [3.63, 3.8) is 0 Å². The van der Waals surface area contributed by atoms with Gasteiger partial charge in [-0.25, -0.2) is 13.6 Å². The summed E-state index contributed by atoms with van der Waals surface area (Å²) >= 11 is 0. The average Bonchev–Trinajstić information content (AvgIpc) is 2.88. The molecule has 3 aromatic carbocycles. The van der Waals surface area contributed by atoms with Gasteiger partial charge < -0.3 is 19.7 Å². The molecule has 3 aromatic rings. The summed E-state index contributed by atoms with van der Waals surface area (Å²) in [4.78, 5) is 14.3. The summed E-state index contributed by atoms with van der Waals surface area (Å²) < 4.78 is 37.0. The number of carbonyl (C=O) groups excluding carboxylic acids is 1. The molecule has 0 spiro atoms. The number of nitrogens with one attached hydrogen (secondary N) is 1. The molecule has 0 aliphatic heterocycles.